The molecule has 0 amide bonds. The molecule has 0 spiro atoms. The molecule has 1 aliphatic heterocycles. The first kappa shape index (κ1) is 63.9. The number of imidazole rings is 6. The summed E-state index contributed by atoms with van der Waals surface area (Å²) in [5.74, 6) is 2.73. The summed E-state index contributed by atoms with van der Waals surface area (Å²) in [5, 5.41) is 2.63. The van der Waals surface area contributed by atoms with Crippen LogP contribution >= 0.6 is 27.3 Å². The van der Waals surface area contributed by atoms with Crippen LogP contribution in [-0.2, 0) is 30.9 Å². The van der Waals surface area contributed by atoms with Crippen LogP contribution in [0.1, 0.15) is 27.7 Å². The number of thiophene rings is 1. The van der Waals surface area contributed by atoms with Crippen molar-refractivity contribution in [3.05, 3.63) is 290 Å². The third-order valence-electron chi connectivity index (χ3n) is 19.3. The number of benzene rings is 12. The Balaban J connectivity index is 0.000000106. The zero-order chi connectivity index (χ0) is 68.8. The van der Waals surface area contributed by atoms with Crippen molar-refractivity contribution in [3.63, 3.8) is 0 Å². The Bertz CT molecular complexity index is 6460. The maximum Gasteiger partial charge on any atom is 0.494 e. The number of hydrogen-bond acceptors (Lipinski definition) is 8. The lowest BCUT2D eigenvalue weighted by Gasteiger charge is -2.32. The SMILES string of the molecule is CC1(C)OB(c2ccc3c(c2)n2c4ccccc4nc2n3-c2ccccc2)OC1(C)C.CS(=O)c1ccccc1-c1ccc2c(c1)n1c3ccccc3nc1n2-c1ccccc1.CS(=O)c1ccccc1Br.c1ccc(-n2c3cc4sc5ccccc5c4cc3n3c4ccccc4nc23)cc1. The van der Waals surface area contributed by atoms with Crippen LogP contribution in [0.15, 0.2) is 299 Å². The molecule has 2 unspecified atom stereocenters. The second-order valence-electron chi connectivity index (χ2n) is 26.0. The molecular formula is C83H65BBrN9O4S3. The van der Waals surface area contributed by atoms with Crippen molar-refractivity contribution in [3.8, 4) is 28.2 Å². The lowest BCUT2D eigenvalue weighted by atomic mass is 9.79. The van der Waals surface area contributed by atoms with Gasteiger partial charge in [-0.1, -0.05) is 152 Å². The Morgan fingerprint density at radius 3 is 1.30 bits per heavy atom. The molecule has 19 aromatic rings. The molecule has 1 fully saturated rings. The largest absolute Gasteiger partial charge is 0.494 e. The number of fused-ring (bicyclic) bond motifs is 18. The van der Waals surface area contributed by atoms with Crippen molar-refractivity contribution in [2.24, 2.45) is 0 Å². The first-order valence-electron chi connectivity index (χ1n) is 33.3. The van der Waals surface area contributed by atoms with Crippen molar-refractivity contribution >= 4 is 165 Å². The molecule has 7 aromatic heterocycles. The summed E-state index contributed by atoms with van der Waals surface area (Å²) in [6.45, 7) is 8.33. The molecule has 13 nitrogen and oxygen atoms in total. The van der Waals surface area contributed by atoms with Crippen LogP contribution in [0.5, 0.6) is 0 Å². The van der Waals surface area contributed by atoms with E-state index in [1.807, 2.05) is 108 Å². The molecule has 18 heteroatoms. The van der Waals surface area contributed by atoms with Gasteiger partial charge in [0, 0.05) is 59.1 Å². The summed E-state index contributed by atoms with van der Waals surface area (Å²) < 4.78 is 52.9. The highest BCUT2D eigenvalue weighted by molar-refractivity contribution is 9.10. The quantitative estimate of drug-likeness (QED) is 0.146. The first-order valence-corrected chi connectivity index (χ1v) is 38.0. The van der Waals surface area contributed by atoms with E-state index in [9.17, 15) is 8.42 Å². The maximum absolute atomic E-state index is 12.3. The van der Waals surface area contributed by atoms with Crippen molar-refractivity contribution in [1.29, 1.82) is 0 Å². The van der Waals surface area contributed by atoms with Gasteiger partial charge in [0.05, 0.1) is 104 Å². The topological polar surface area (TPSA) is 119 Å². The minimum Gasteiger partial charge on any atom is -0.399 e. The van der Waals surface area contributed by atoms with Gasteiger partial charge in [0.15, 0.2) is 0 Å². The molecule has 494 valence electrons. The molecule has 2 atom stereocenters. The average Bonchev–Trinajstić information content (AvgIpc) is 1.57. The highest BCUT2D eigenvalue weighted by Gasteiger charge is 2.52. The normalized spacial score (nSPS) is 14.1. The van der Waals surface area contributed by atoms with E-state index in [4.69, 9.17) is 24.3 Å². The van der Waals surface area contributed by atoms with E-state index in [-0.39, 0.29) is 11.2 Å². The van der Waals surface area contributed by atoms with Crippen molar-refractivity contribution in [1.82, 2.24) is 41.9 Å². The first-order chi connectivity index (χ1) is 49.2. The predicted octanol–water partition coefficient (Wildman–Crippen LogP) is 19.6. The average molecular weight is 1440 g/mol. The zero-order valence-corrected chi connectivity index (χ0v) is 60.0. The summed E-state index contributed by atoms with van der Waals surface area (Å²) in [7, 11) is -2.36. The number of rotatable bonds is 7. The molecule has 0 saturated carbocycles. The monoisotopic (exact) mass is 1440 g/mol. The predicted molar refractivity (Wildman–Crippen MR) is 421 cm³/mol. The molecule has 1 aliphatic rings. The van der Waals surface area contributed by atoms with E-state index in [2.05, 4.69) is 259 Å². The van der Waals surface area contributed by atoms with E-state index in [1.54, 1.807) is 12.5 Å². The maximum atomic E-state index is 12.3. The van der Waals surface area contributed by atoms with Crippen LogP contribution < -0.4 is 5.46 Å². The summed E-state index contributed by atoms with van der Waals surface area (Å²) in [6.07, 6.45) is 3.39. The molecule has 0 N–H and O–H groups in total. The van der Waals surface area contributed by atoms with E-state index < -0.39 is 28.7 Å². The van der Waals surface area contributed by atoms with Gasteiger partial charge in [0.2, 0.25) is 17.3 Å². The fourth-order valence-corrected chi connectivity index (χ4v) is 17.3. The molecule has 20 rings (SSSR count). The van der Waals surface area contributed by atoms with Crippen LogP contribution in [0.25, 0.3) is 132 Å². The summed E-state index contributed by atoms with van der Waals surface area (Å²) in [5.41, 5.74) is 18.5. The third-order valence-corrected chi connectivity index (χ3v) is 23.4. The lowest BCUT2D eigenvalue weighted by molar-refractivity contribution is 0.00578. The van der Waals surface area contributed by atoms with Crippen molar-refractivity contribution in [2.75, 3.05) is 12.5 Å². The number of hydrogen-bond donors (Lipinski definition) is 0. The number of para-hydroxylation sites is 9. The Morgan fingerprint density at radius 1 is 0.376 bits per heavy atom. The Kier molecular flexibility index (Phi) is 16.2. The molecule has 1 saturated heterocycles. The van der Waals surface area contributed by atoms with Crippen molar-refractivity contribution in [2.45, 2.75) is 48.7 Å². The van der Waals surface area contributed by atoms with Gasteiger partial charge in [-0.2, -0.15) is 0 Å². The summed E-state index contributed by atoms with van der Waals surface area (Å²) in [4.78, 5) is 16.6. The fourth-order valence-electron chi connectivity index (χ4n) is 13.9. The minimum absolute atomic E-state index is 0.375. The summed E-state index contributed by atoms with van der Waals surface area (Å²) in [6, 6.07) is 97.6. The van der Waals surface area contributed by atoms with E-state index >= 15 is 0 Å². The highest BCUT2D eigenvalue weighted by atomic mass is 79.9. The second-order valence-corrected chi connectivity index (χ2v) is 30.7. The Labute approximate surface area is 599 Å². The summed E-state index contributed by atoms with van der Waals surface area (Å²) >= 11 is 5.16. The van der Waals surface area contributed by atoms with Gasteiger partial charge < -0.3 is 9.31 Å². The van der Waals surface area contributed by atoms with Gasteiger partial charge in [-0.15, -0.1) is 11.3 Å². The van der Waals surface area contributed by atoms with Gasteiger partial charge >= 0.3 is 7.12 Å². The molecule has 0 bridgehead atoms. The van der Waals surface area contributed by atoms with Gasteiger partial charge in [0.1, 0.15) is 0 Å². The third kappa shape index (κ3) is 11.1. The van der Waals surface area contributed by atoms with Crippen LogP contribution in [0.2, 0.25) is 0 Å². The van der Waals surface area contributed by atoms with E-state index in [0.29, 0.717) is 0 Å². The minimum atomic E-state index is -1.07. The number of nitrogens with zero attached hydrogens (tertiary/aromatic N) is 9. The van der Waals surface area contributed by atoms with Gasteiger partial charge in [0.25, 0.3) is 0 Å². The van der Waals surface area contributed by atoms with Crippen LogP contribution in [0, 0.1) is 0 Å². The lowest BCUT2D eigenvalue weighted by Crippen LogP contribution is -2.41. The van der Waals surface area contributed by atoms with Gasteiger partial charge in [-0.3, -0.25) is 35.3 Å². The molecule has 0 radical (unpaired) electrons. The molecule has 8 heterocycles. The molecule has 12 aromatic carbocycles. The number of aromatic nitrogens is 9. The second kappa shape index (κ2) is 25.6. The smallest absolute Gasteiger partial charge is 0.399 e. The standard InChI is InChI=1S/C26H19N3OS.C25H24BN3O2.C25H15N3S.C7H7BrOS/c1-31(30)25-14-8-5-11-20(25)18-15-16-23-24(17-18)29-22-13-7-6-12-21(22)27-26(29)28(23)19-9-3-2-4-10-19;1-24(2)25(3,4)31-26(30-24)17-14-15-21-22(16-17)29-20-13-9-8-12-19(20)27-23(29)28(21)18-10-6-5-7-11-18;1-2-8-16(9-3-1)27-22-15-24-18(17-10-4-7-13-23(17)29-24)14-21(22)28-20-12-6-5-11-19(20)26-25(27)28;1-10(9)7-5-3-2-4-6(7)8/h2-17H,1H3;5-16H,1-4H3;1-15H;2-5H,1H3. The van der Waals surface area contributed by atoms with Gasteiger partial charge in [-0.25, -0.2) is 15.0 Å². The fraction of sp³-hybridized carbons (Fsp3) is 0.0964. The zero-order valence-electron chi connectivity index (χ0n) is 56.0. The van der Waals surface area contributed by atoms with E-state index in [0.717, 1.165) is 120 Å². The number of halogens is 1. The Morgan fingerprint density at radius 2 is 0.792 bits per heavy atom. The van der Waals surface area contributed by atoms with Crippen LogP contribution in [0.3, 0.4) is 0 Å². The van der Waals surface area contributed by atoms with Crippen LogP contribution in [0.4, 0.5) is 0 Å². The molecule has 101 heavy (non-hydrogen) atoms. The Hall–Kier alpha value is -10.6. The van der Waals surface area contributed by atoms with Crippen molar-refractivity contribution < 1.29 is 17.7 Å². The molecule has 0 aliphatic carbocycles. The highest BCUT2D eigenvalue weighted by Crippen LogP contribution is 2.41. The van der Waals surface area contributed by atoms with E-state index in [1.165, 1.54) is 31.2 Å². The van der Waals surface area contributed by atoms with Gasteiger partial charge in [-0.05, 0) is 194 Å². The van der Waals surface area contributed by atoms with Crippen LogP contribution in [-0.4, -0.2) is 81.1 Å². The molecular weight excluding hydrogens is 1370 g/mol.